The van der Waals surface area contributed by atoms with Crippen molar-refractivity contribution in [3.8, 4) is 0 Å². The van der Waals surface area contributed by atoms with Gasteiger partial charge in [0.05, 0.1) is 5.69 Å². The molecule has 1 atom stereocenters. The fourth-order valence-corrected chi connectivity index (χ4v) is 2.62. The van der Waals surface area contributed by atoms with Crippen LogP contribution in [0.15, 0.2) is 0 Å². The van der Waals surface area contributed by atoms with Crippen LogP contribution in [0.5, 0.6) is 0 Å². The molecule has 1 heterocycles. The molecule has 1 aliphatic rings. The molecule has 1 aromatic heterocycles. The first-order valence-corrected chi connectivity index (χ1v) is 6.30. The third-order valence-electron chi connectivity index (χ3n) is 2.59. The number of carbonyl (C=O) groups is 1. The molecule has 1 aromatic rings. The lowest BCUT2D eigenvalue weighted by Gasteiger charge is -2.06. The monoisotopic (exact) mass is 241 g/mol. The van der Waals surface area contributed by atoms with Crippen LogP contribution in [0.3, 0.4) is 0 Å². The van der Waals surface area contributed by atoms with Crippen molar-refractivity contribution in [3.63, 3.8) is 0 Å². The number of carboxylic acid groups (broad SMARTS) is 1. The first kappa shape index (κ1) is 11.5. The Labute approximate surface area is 98.3 Å². The molecule has 1 N–H and O–H groups in total. The van der Waals surface area contributed by atoms with Crippen molar-refractivity contribution in [2.45, 2.75) is 38.7 Å². The van der Waals surface area contributed by atoms with Crippen molar-refractivity contribution >= 4 is 17.3 Å². The second-order valence-corrected chi connectivity index (χ2v) is 4.97. The quantitative estimate of drug-likeness (QED) is 0.861. The van der Waals surface area contributed by atoms with Gasteiger partial charge in [-0.15, -0.1) is 11.3 Å². The number of nitrogens with zero attached hydrogens (tertiary/aromatic N) is 1. The summed E-state index contributed by atoms with van der Waals surface area (Å²) in [5, 5.41) is 9.88. The highest BCUT2D eigenvalue weighted by Crippen LogP contribution is 2.43. The highest BCUT2D eigenvalue weighted by atomic mass is 32.1. The number of aromatic carboxylic acids is 1. The Morgan fingerprint density at radius 2 is 2.38 bits per heavy atom. The first-order valence-electron chi connectivity index (χ1n) is 5.49. The minimum atomic E-state index is -0.866. The lowest BCUT2D eigenvalue weighted by Crippen LogP contribution is -1.99. The zero-order valence-electron chi connectivity index (χ0n) is 9.40. The summed E-state index contributed by atoms with van der Waals surface area (Å²) in [4.78, 5) is 15.9. The van der Waals surface area contributed by atoms with Crippen LogP contribution in [-0.2, 0) is 4.74 Å². The number of thiazole rings is 1. The maximum Gasteiger partial charge on any atom is 0.347 e. The van der Waals surface area contributed by atoms with Crippen LogP contribution >= 0.6 is 11.3 Å². The van der Waals surface area contributed by atoms with Gasteiger partial charge in [0.25, 0.3) is 0 Å². The van der Waals surface area contributed by atoms with Crippen molar-refractivity contribution in [1.29, 1.82) is 0 Å². The minimum absolute atomic E-state index is 0.111. The number of carboxylic acids is 1. The fourth-order valence-electron chi connectivity index (χ4n) is 1.63. The lowest BCUT2D eigenvalue weighted by molar-refractivity contribution is 0.0700. The van der Waals surface area contributed by atoms with E-state index < -0.39 is 5.97 Å². The van der Waals surface area contributed by atoms with E-state index >= 15 is 0 Å². The normalized spacial score (nSPS) is 17.4. The Morgan fingerprint density at radius 1 is 1.69 bits per heavy atom. The molecule has 1 fully saturated rings. The van der Waals surface area contributed by atoms with Crippen molar-refractivity contribution in [2.75, 3.05) is 6.61 Å². The highest BCUT2D eigenvalue weighted by Gasteiger charge is 2.32. The third kappa shape index (κ3) is 2.25. The van der Waals surface area contributed by atoms with E-state index in [1.807, 2.05) is 13.8 Å². The van der Waals surface area contributed by atoms with E-state index in [-0.39, 0.29) is 6.10 Å². The molecular weight excluding hydrogens is 226 g/mol. The van der Waals surface area contributed by atoms with Gasteiger partial charge in [0.2, 0.25) is 0 Å². The number of rotatable bonds is 5. The maximum absolute atomic E-state index is 11.1. The van der Waals surface area contributed by atoms with Crippen LogP contribution in [0.1, 0.15) is 59.1 Å². The SMILES string of the molecule is CCOC(C)c1nc(C2CC2)c(C(=O)O)s1. The molecule has 0 bridgehead atoms. The zero-order chi connectivity index (χ0) is 11.7. The highest BCUT2D eigenvalue weighted by molar-refractivity contribution is 7.13. The molecule has 5 heteroatoms. The van der Waals surface area contributed by atoms with E-state index in [1.54, 1.807) is 0 Å². The molecule has 88 valence electrons. The first-order chi connectivity index (χ1) is 7.63. The summed E-state index contributed by atoms with van der Waals surface area (Å²) in [6.07, 6.45) is 2.01. The summed E-state index contributed by atoms with van der Waals surface area (Å²) in [6.45, 7) is 4.44. The van der Waals surface area contributed by atoms with Gasteiger partial charge in [0.15, 0.2) is 0 Å². The molecule has 2 rings (SSSR count). The summed E-state index contributed by atoms with van der Waals surface area (Å²) in [5.74, 6) is -0.501. The molecule has 1 unspecified atom stereocenters. The summed E-state index contributed by atoms with van der Waals surface area (Å²) in [6, 6.07) is 0. The maximum atomic E-state index is 11.1. The predicted molar refractivity (Wildman–Crippen MR) is 61.1 cm³/mol. The molecule has 0 aliphatic heterocycles. The number of ether oxygens (including phenoxy) is 1. The van der Waals surface area contributed by atoms with Crippen molar-refractivity contribution in [1.82, 2.24) is 4.98 Å². The Balaban J connectivity index is 2.27. The zero-order valence-corrected chi connectivity index (χ0v) is 10.2. The molecule has 1 aliphatic carbocycles. The Morgan fingerprint density at radius 3 is 2.88 bits per heavy atom. The van der Waals surface area contributed by atoms with Gasteiger partial charge in [0, 0.05) is 12.5 Å². The van der Waals surface area contributed by atoms with Crippen LogP contribution in [0.25, 0.3) is 0 Å². The largest absolute Gasteiger partial charge is 0.477 e. The molecular formula is C11H15NO3S. The van der Waals surface area contributed by atoms with Gasteiger partial charge in [0.1, 0.15) is 16.0 Å². The average molecular weight is 241 g/mol. The van der Waals surface area contributed by atoms with Crippen LogP contribution < -0.4 is 0 Å². The van der Waals surface area contributed by atoms with E-state index in [0.29, 0.717) is 17.4 Å². The molecule has 0 spiro atoms. The third-order valence-corrected chi connectivity index (χ3v) is 3.81. The van der Waals surface area contributed by atoms with Gasteiger partial charge in [-0.3, -0.25) is 0 Å². The van der Waals surface area contributed by atoms with Crippen molar-refractivity contribution in [2.24, 2.45) is 0 Å². The van der Waals surface area contributed by atoms with Crippen LogP contribution in [0.4, 0.5) is 0 Å². The molecule has 0 saturated heterocycles. The van der Waals surface area contributed by atoms with Gasteiger partial charge in [-0.25, -0.2) is 9.78 Å². The van der Waals surface area contributed by atoms with E-state index in [0.717, 1.165) is 23.5 Å². The van der Waals surface area contributed by atoms with Crippen LogP contribution in [0.2, 0.25) is 0 Å². The minimum Gasteiger partial charge on any atom is -0.477 e. The smallest absolute Gasteiger partial charge is 0.347 e. The molecule has 1 saturated carbocycles. The number of hydrogen-bond acceptors (Lipinski definition) is 4. The van der Waals surface area contributed by atoms with Crippen molar-refractivity contribution in [3.05, 3.63) is 15.6 Å². The van der Waals surface area contributed by atoms with Gasteiger partial charge >= 0.3 is 5.97 Å². The topological polar surface area (TPSA) is 59.4 Å². The number of hydrogen-bond donors (Lipinski definition) is 1. The summed E-state index contributed by atoms with van der Waals surface area (Å²) < 4.78 is 5.43. The van der Waals surface area contributed by atoms with E-state index in [4.69, 9.17) is 9.84 Å². The van der Waals surface area contributed by atoms with Crippen molar-refractivity contribution < 1.29 is 14.6 Å². The summed E-state index contributed by atoms with van der Waals surface area (Å²) >= 11 is 1.25. The Hall–Kier alpha value is -0.940. The predicted octanol–water partition coefficient (Wildman–Crippen LogP) is 2.82. The second-order valence-electron chi connectivity index (χ2n) is 3.94. The van der Waals surface area contributed by atoms with Gasteiger partial charge in [-0.05, 0) is 26.7 Å². The van der Waals surface area contributed by atoms with E-state index in [1.165, 1.54) is 11.3 Å². The molecule has 16 heavy (non-hydrogen) atoms. The Kier molecular flexibility index (Phi) is 3.25. The Bertz CT molecular complexity index is 398. The van der Waals surface area contributed by atoms with Gasteiger partial charge in [-0.2, -0.15) is 0 Å². The average Bonchev–Trinajstić information content (AvgIpc) is 2.97. The second kappa shape index (κ2) is 4.51. The van der Waals surface area contributed by atoms with Gasteiger partial charge in [-0.1, -0.05) is 0 Å². The number of aromatic nitrogens is 1. The summed E-state index contributed by atoms with van der Waals surface area (Å²) in [5.41, 5.74) is 0.763. The fraction of sp³-hybridized carbons (Fsp3) is 0.636. The molecule has 0 aromatic carbocycles. The van der Waals surface area contributed by atoms with E-state index in [2.05, 4.69) is 4.98 Å². The molecule has 0 amide bonds. The molecule has 0 radical (unpaired) electrons. The standard InChI is InChI=1S/C11H15NO3S/c1-3-15-6(2)10-12-8(7-4-5-7)9(16-10)11(13)14/h6-7H,3-5H2,1-2H3,(H,13,14). The summed E-state index contributed by atoms with van der Waals surface area (Å²) in [7, 11) is 0. The molecule has 4 nitrogen and oxygen atoms in total. The lowest BCUT2D eigenvalue weighted by atomic mass is 10.2. The van der Waals surface area contributed by atoms with Crippen LogP contribution in [0, 0.1) is 0 Å². The van der Waals surface area contributed by atoms with E-state index in [9.17, 15) is 4.79 Å². The van der Waals surface area contributed by atoms with Gasteiger partial charge < -0.3 is 9.84 Å². The van der Waals surface area contributed by atoms with Crippen LogP contribution in [-0.4, -0.2) is 22.7 Å².